The van der Waals surface area contributed by atoms with Gasteiger partial charge in [-0.15, -0.1) is 0 Å². The van der Waals surface area contributed by atoms with E-state index in [2.05, 4.69) is 10.6 Å². The highest BCUT2D eigenvalue weighted by atomic mass is 32.2. The molecule has 0 aromatic heterocycles. The number of hydrogen-bond acceptors (Lipinski definition) is 7. The van der Waals surface area contributed by atoms with Gasteiger partial charge in [-0.2, -0.15) is 4.31 Å². The number of nitrogens with zero attached hydrogens (tertiary/aromatic N) is 3. The Bertz CT molecular complexity index is 909. The quantitative estimate of drug-likeness (QED) is 0.492. The second kappa shape index (κ2) is 8.43. The molecular weight excluding hydrogens is 402 g/mol. The van der Waals surface area contributed by atoms with E-state index in [4.69, 9.17) is 0 Å². The van der Waals surface area contributed by atoms with Crippen molar-refractivity contribution in [3.8, 4) is 0 Å². The van der Waals surface area contributed by atoms with E-state index in [0.717, 1.165) is 18.9 Å². The molecule has 2 fully saturated rings. The van der Waals surface area contributed by atoms with Crippen LogP contribution >= 0.6 is 0 Å². The van der Waals surface area contributed by atoms with Gasteiger partial charge in [0.1, 0.15) is 0 Å². The van der Waals surface area contributed by atoms with Crippen LogP contribution < -0.4 is 10.6 Å². The number of imide groups is 1. The second-order valence-corrected chi connectivity index (χ2v) is 8.98. The fourth-order valence-electron chi connectivity index (χ4n) is 3.13. The van der Waals surface area contributed by atoms with Crippen LogP contribution in [0.1, 0.15) is 19.8 Å². The lowest BCUT2D eigenvalue weighted by Crippen LogP contribution is -2.56. The van der Waals surface area contributed by atoms with E-state index >= 15 is 0 Å². The van der Waals surface area contributed by atoms with Gasteiger partial charge in [0, 0.05) is 38.3 Å². The number of piperazine rings is 1. The van der Waals surface area contributed by atoms with Gasteiger partial charge >= 0.3 is 6.03 Å². The van der Waals surface area contributed by atoms with Gasteiger partial charge in [-0.05, 0) is 25.8 Å². The molecule has 2 N–H and O–H groups in total. The van der Waals surface area contributed by atoms with Crippen LogP contribution in [-0.2, 0) is 14.8 Å². The van der Waals surface area contributed by atoms with Crippen molar-refractivity contribution in [3.05, 3.63) is 34.4 Å². The Morgan fingerprint density at radius 2 is 1.79 bits per heavy atom. The Balaban J connectivity index is 1.60. The lowest BCUT2D eigenvalue weighted by Gasteiger charge is -2.36. The summed E-state index contributed by atoms with van der Waals surface area (Å²) in [4.78, 5) is 35.8. The molecule has 1 aromatic rings. The first-order valence-corrected chi connectivity index (χ1v) is 10.7. The molecule has 1 heterocycles. The number of benzene rings is 1. The molecule has 29 heavy (non-hydrogen) atoms. The van der Waals surface area contributed by atoms with E-state index in [0.29, 0.717) is 0 Å². The third-order valence-electron chi connectivity index (χ3n) is 5.03. The van der Waals surface area contributed by atoms with Crippen LogP contribution in [0.5, 0.6) is 0 Å². The summed E-state index contributed by atoms with van der Waals surface area (Å²) >= 11 is 0. The second-order valence-electron chi connectivity index (χ2n) is 7.08. The van der Waals surface area contributed by atoms with E-state index in [1.165, 1.54) is 22.5 Å². The zero-order chi connectivity index (χ0) is 21.2. The van der Waals surface area contributed by atoms with Crippen LogP contribution in [-0.4, -0.2) is 72.7 Å². The predicted octanol–water partition coefficient (Wildman–Crippen LogP) is 0.278. The highest BCUT2D eigenvalue weighted by Crippen LogP contribution is 2.27. The summed E-state index contributed by atoms with van der Waals surface area (Å²) in [5.74, 6) is -0.460. The van der Waals surface area contributed by atoms with Gasteiger partial charge in [-0.1, -0.05) is 12.1 Å². The molecule has 11 nitrogen and oxygen atoms in total. The number of rotatable bonds is 6. The zero-order valence-corrected chi connectivity index (χ0v) is 16.7. The molecule has 12 heteroatoms. The predicted molar refractivity (Wildman–Crippen MR) is 103 cm³/mol. The fourth-order valence-corrected chi connectivity index (χ4v) is 4.71. The summed E-state index contributed by atoms with van der Waals surface area (Å²) in [5, 5.41) is 16.1. The van der Waals surface area contributed by atoms with Crippen molar-refractivity contribution in [2.45, 2.75) is 36.7 Å². The molecule has 1 aliphatic carbocycles. The van der Waals surface area contributed by atoms with Gasteiger partial charge in [0.2, 0.25) is 15.9 Å². The molecule has 1 saturated carbocycles. The Labute approximate surface area is 168 Å². The van der Waals surface area contributed by atoms with Crippen LogP contribution in [0, 0.1) is 10.1 Å². The van der Waals surface area contributed by atoms with Gasteiger partial charge in [-0.3, -0.25) is 25.1 Å². The van der Waals surface area contributed by atoms with Crippen molar-refractivity contribution < 1.29 is 22.9 Å². The minimum atomic E-state index is -4.03. The number of carbonyl (C=O) groups excluding carboxylic acids is 2. The number of hydrogen-bond donors (Lipinski definition) is 2. The third-order valence-corrected chi connectivity index (χ3v) is 6.98. The molecule has 3 rings (SSSR count). The van der Waals surface area contributed by atoms with E-state index in [-0.39, 0.29) is 37.1 Å². The lowest BCUT2D eigenvalue weighted by atomic mass is 10.2. The molecule has 3 amide bonds. The molecule has 2 aliphatic rings. The average molecular weight is 425 g/mol. The normalized spacial score (nSPS) is 19.3. The van der Waals surface area contributed by atoms with Gasteiger partial charge in [0.05, 0.1) is 11.0 Å². The number of carbonyl (C=O) groups is 2. The highest BCUT2D eigenvalue weighted by molar-refractivity contribution is 7.89. The average Bonchev–Trinajstić information content (AvgIpc) is 3.51. The smallest absolute Gasteiger partial charge is 0.321 e. The van der Waals surface area contributed by atoms with Gasteiger partial charge < -0.3 is 5.32 Å². The molecule has 1 unspecified atom stereocenters. The minimum Gasteiger partial charge on any atom is -0.335 e. The van der Waals surface area contributed by atoms with E-state index < -0.39 is 38.6 Å². The van der Waals surface area contributed by atoms with Crippen molar-refractivity contribution in [1.29, 1.82) is 0 Å². The summed E-state index contributed by atoms with van der Waals surface area (Å²) in [6.07, 6.45) is 1.82. The SMILES string of the molecule is CC(C(=O)NC(=O)NC1CC1)N1CCN(S(=O)(=O)c2ccccc2[N+](=O)[O-])CC1. The Morgan fingerprint density at radius 1 is 1.17 bits per heavy atom. The molecule has 158 valence electrons. The Kier molecular flexibility index (Phi) is 6.15. The molecule has 1 aliphatic heterocycles. The van der Waals surface area contributed by atoms with Crippen LogP contribution in [0.15, 0.2) is 29.2 Å². The minimum absolute atomic E-state index is 0.0836. The summed E-state index contributed by atoms with van der Waals surface area (Å²) in [6.45, 7) is 2.34. The molecule has 1 atom stereocenters. The number of nitrogens with one attached hydrogen (secondary N) is 2. The first kappa shape index (κ1) is 21.1. The number of nitro groups is 1. The maximum Gasteiger partial charge on any atom is 0.321 e. The molecular formula is C17H23N5O6S. The van der Waals surface area contributed by atoms with E-state index in [1.807, 2.05) is 0 Å². The van der Waals surface area contributed by atoms with Crippen molar-refractivity contribution in [3.63, 3.8) is 0 Å². The maximum absolute atomic E-state index is 12.8. The van der Waals surface area contributed by atoms with Crippen LogP contribution in [0.2, 0.25) is 0 Å². The summed E-state index contributed by atoms with van der Waals surface area (Å²) in [5.41, 5.74) is -0.468. The molecule has 0 spiro atoms. The third kappa shape index (κ3) is 4.89. The van der Waals surface area contributed by atoms with Crippen molar-refractivity contribution in [2.75, 3.05) is 26.2 Å². The molecule has 0 radical (unpaired) electrons. The van der Waals surface area contributed by atoms with Gasteiger partial charge in [0.25, 0.3) is 5.69 Å². The summed E-state index contributed by atoms with van der Waals surface area (Å²) < 4.78 is 26.9. The van der Waals surface area contributed by atoms with Gasteiger partial charge in [-0.25, -0.2) is 13.2 Å². The molecule has 1 saturated heterocycles. The van der Waals surface area contributed by atoms with Crippen LogP contribution in [0.3, 0.4) is 0 Å². The summed E-state index contributed by atoms with van der Waals surface area (Å²) in [6, 6.07) is 4.22. The summed E-state index contributed by atoms with van der Waals surface area (Å²) in [7, 11) is -4.03. The monoisotopic (exact) mass is 425 g/mol. The number of sulfonamides is 1. The molecule has 1 aromatic carbocycles. The number of urea groups is 1. The van der Waals surface area contributed by atoms with E-state index in [9.17, 15) is 28.1 Å². The highest BCUT2D eigenvalue weighted by Gasteiger charge is 2.35. The van der Waals surface area contributed by atoms with Crippen LogP contribution in [0.4, 0.5) is 10.5 Å². The first-order valence-electron chi connectivity index (χ1n) is 9.29. The number of para-hydroxylation sites is 1. The van der Waals surface area contributed by atoms with Crippen molar-refractivity contribution in [1.82, 2.24) is 19.8 Å². The first-order chi connectivity index (χ1) is 13.7. The molecule has 0 bridgehead atoms. The lowest BCUT2D eigenvalue weighted by molar-refractivity contribution is -0.387. The van der Waals surface area contributed by atoms with Crippen molar-refractivity contribution >= 4 is 27.6 Å². The zero-order valence-electron chi connectivity index (χ0n) is 15.9. The fraction of sp³-hybridized carbons (Fsp3) is 0.529. The Morgan fingerprint density at radius 3 is 2.38 bits per heavy atom. The standard InChI is InChI=1S/C17H23N5O6S/c1-12(16(23)19-17(24)18-13-6-7-13)20-8-10-21(11-9-20)29(27,28)15-5-3-2-4-14(15)22(25)26/h2-5,12-13H,6-11H2,1H3,(H2,18,19,23,24). The topological polar surface area (TPSA) is 142 Å². The Hall–Kier alpha value is -2.57. The van der Waals surface area contributed by atoms with E-state index in [1.54, 1.807) is 11.8 Å². The van der Waals surface area contributed by atoms with Crippen molar-refractivity contribution in [2.24, 2.45) is 0 Å². The number of nitro benzene ring substituents is 1. The van der Waals surface area contributed by atoms with Gasteiger partial charge in [0.15, 0.2) is 4.90 Å². The van der Waals surface area contributed by atoms with Crippen LogP contribution in [0.25, 0.3) is 0 Å². The maximum atomic E-state index is 12.8. The largest absolute Gasteiger partial charge is 0.335 e. The number of amides is 3.